The summed E-state index contributed by atoms with van der Waals surface area (Å²) in [6.07, 6.45) is 1.34. The van der Waals surface area contributed by atoms with E-state index in [4.69, 9.17) is 28.9 Å². The second-order valence-corrected chi connectivity index (χ2v) is 4.26. The topological polar surface area (TPSA) is 63.8 Å². The van der Waals surface area contributed by atoms with Crippen LogP contribution in [0.3, 0.4) is 0 Å². The fourth-order valence-electron chi connectivity index (χ4n) is 1.38. The molecule has 6 heteroatoms. The highest BCUT2D eigenvalue weighted by Gasteiger charge is 2.10. The fourth-order valence-corrected chi connectivity index (χ4v) is 1.79. The molecule has 0 aliphatic rings. The summed E-state index contributed by atoms with van der Waals surface area (Å²) in [6, 6.07) is 5.60. The van der Waals surface area contributed by atoms with Crippen LogP contribution in [0.1, 0.15) is 5.56 Å². The van der Waals surface area contributed by atoms with Gasteiger partial charge >= 0.3 is 0 Å². The van der Waals surface area contributed by atoms with Gasteiger partial charge in [0.15, 0.2) is 5.82 Å². The van der Waals surface area contributed by atoms with E-state index >= 15 is 0 Å². The third kappa shape index (κ3) is 2.43. The number of benzene rings is 1. The maximum atomic E-state index is 6.09. The van der Waals surface area contributed by atoms with Crippen molar-refractivity contribution in [3.63, 3.8) is 0 Å². The molecule has 0 fully saturated rings. The third-order valence-electron chi connectivity index (χ3n) is 2.28. The van der Waals surface area contributed by atoms with Crippen molar-refractivity contribution in [2.24, 2.45) is 0 Å². The number of para-hydroxylation sites is 1. The van der Waals surface area contributed by atoms with Gasteiger partial charge in [-0.1, -0.05) is 35.3 Å². The van der Waals surface area contributed by atoms with Gasteiger partial charge in [-0.25, -0.2) is 9.97 Å². The van der Waals surface area contributed by atoms with Crippen LogP contribution in [0.5, 0.6) is 0 Å². The van der Waals surface area contributed by atoms with Gasteiger partial charge in [0.05, 0.1) is 10.7 Å². The molecule has 0 spiro atoms. The minimum Gasteiger partial charge on any atom is -0.382 e. The van der Waals surface area contributed by atoms with Crippen LogP contribution in [0.25, 0.3) is 0 Å². The predicted molar refractivity (Wildman–Crippen MR) is 70.9 cm³/mol. The number of aromatic nitrogens is 2. The van der Waals surface area contributed by atoms with Crippen LogP contribution in [0, 0.1) is 6.92 Å². The van der Waals surface area contributed by atoms with Gasteiger partial charge in [-0.15, -0.1) is 0 Å². The Hall–Kier alpha value is -1.52. The van der Waals surface area contributed by atoms with Gasteiger partial charge in [0.25, 0.3) is 0 Å². The van der Waals surface area contributed by atoms with E-state index in [9.17, 15) is 0 Å². The Bertz CT molecular complexity index is 537. The van der Waals surface area contributed by atoms with Crippen LogP contribution in [0.15, 0.2) is 24.5 Å². The number of hydrogen-bond donors (Lipinski definition) is 2. The van der Waals surface area contributed by atoms with Crippen molar-refractivity contribution in [2.75, 3.05) is 11.1 Å². The second kappa shape index (κ2) is 4.77. The van der Waals surface area contributed by atoms with Crippen LogP contribution in [0.2, 0.25) is 10.0 Å². The average Bonchev–Trinajstić information content (AvgIpc) is 2.29. The highest BCUT2D eigenvalue weighted by atomic mass is 35.5. The molecule has 0 aliphatic heterocycles. The summed E-state index contributed by atoms with van der Waals surface area (Å²) in [6.45, 7) is 1.94. The zero-order valence-electron chi connectivity index (χ0n) is 9.04. The Labute approximate surface area is 109 Å². The molecule has 2 aromatic rings. The number of nitrogens with two attached hydrogens (primary N) is 1. The molecule has 1 aromatic carbocycles. The van der Waals surface area contributed by atoms with Gasteiger partial charge in [0.1, 0.15) is 17.2 Å². The maximum absolute atomic E-state index is 6.09. The molecular formula is C11H10Cl2N4. The molecule has 2 rings (SSSR count). The van der Waals surface area contributed by atoms with Crippen molar-refractivity contribution in [3.8, 4) is 0 Å². The number of nitrogen functional groups attached to an aromatic ring is 1. The Balaban J connectivity index is 2.42. The molecule has 0 radical (unpaired) electrons. The number of nitrogens with one attached hydrogen (secondary N) is 1. The van der Waals surface area contributed by atoms with Gasteiger partial charge < -0.3 is 11.1 Å². The first-order chi connectivity index (χ1) is 8.09. The largest absolute Gasteiger partial charge is 0.382 e. The first kappa shape index (κ1) is 12.0. The molecule has 0 bridgehead atoms. The van der Waals surface area contributed by atoms with Crippen LogP contribution >= 0.6 is 23.2 Å². The number of halogens is 2. The molecule has 1 aromatic heterocycles. The lowest BCUT2D eigenvalue weighted by Crippen LogP contribution is -2.01. The average molecular weight is 269 g/mol. The lowest BCUT2D eigenvalue weighted by atomic mass is 10.2. The van der Waals surface area contributed by atoms with Crippen molar-refractivity contribution in [1.82, 2.24) is 9.97 Å². The smallest absolute Gasteiger partial charge is 0.154 e. The summed E-state index contributed by atoms with van der Waals surface area (Å²) in [5.41, 5.74) is 7.34. The van der Waals surface area contributed by atoms with E-state index in [2.05, 4.69) is 15.3 Å². The normalized spacial score (nSPS) is 10.3. The van der Waals surface area contributed by atoms with Crippen LogP contribution < -0.4 is 11.1 Å². The Kier molecular flexibility index (Phi) is 3.36. The lowest BCUT2D eigenvalue weighted by Gasteiger charge is -2.11. The number of rotatable bonds is 2. The number of hydrogen-bond acceptors (Lipinski definition) is 4. The molecule has 0 unspecified atom stereocenters. The van der Waals surface area contributed by atoms with E-state index in [0.29, 0.717) is 10.8 Å². The van der Waals surface area contributed by atoms with Crippen molar-refractivity contribution < 1.29 is 0 Å². The molecule has 0 amide bonds. The molecule has 88 valence electrons. The summed E-state index contributed by atoms with van der Waals surface area (Å²) in [5, 5.41) is 3.93. The molecule has 0 atom stereocenters. The zero-order chi connectivity index (χ0) is 12.4. The van der Waals surface area contributed by atoms with Crippen molar-refractivity contribution >= 4 is 40.5 Å². The Morgan fingerprint density at radius 1 is 1.24 bits per heavy atom. The number of aryl methyl sites for hydroxylation is 1. The summed E-state index contributed by atoms with van der Waals surface area (Å²) < 4.78 is 0. The molecule has 0 saturated heterocycles. The second-order valence-electron chi connectivity index (χ2n) is 3.48. The Morgan fingerprint density at radius 3 is 2.71 bits per heavy atom. The summed E-state index contributed by atoms with van der Waals surface area (Å²) in [4.78, 5) is 7.81. The third-order valence-corrected chi connectivity index (χ3v) is 2.97. The molecule has 4 nitrogen and oxygen atoms in total. The van der Waals surface area contributed by atoms with E-state index in [-0.39, 0.29) is 10.8 Å². The number of anilines is 3. The van der Waals surface area contributed by atoms with E-state index in [0.717, 1.165) is 11.3 Å². The maximum Gasteiger partial charge on any atom is 0.154 e. The standard InChI is InChI=1S/C11H10Cl2N4/c1-6-3-2-4-7(12)9(6)17-11-8(13)10(14)15-5-16-11/h2-5H,1H3,(H3,14,15,16,17). The first-order valence-corrected chi connectivity index (χ1v) is 5.63. The van der Waals surface area contributed by atoms with Gasteiger partial charge in [-0.05, 0) is 18.6 Å². The highest BCUT2D eigenvalue weighted by molar-refractivity contribution is 6.36. The van der Waals surface area contributed by atoms with E-state index in [1.807, 2.05) is 19.1 Å². The van der Waals surface area contributed by atoms with Gasteiger partial charge in [-0.3, -0.25) is 0 Å². The minimum absolute atomic E-state index is 0.230. The minimum atomic E-state index is 0.230. The van der Waals surface area contributed by atoms with Crippen LogP contribution in [0.4, 0.5) is 17.3 Å². The predicted octanol–water partition coefficient (Wildman–Crippen LogP) is 3.42. The molecule has 1 heterocycles. The molecule has 0 aliphatic carbocycles. The van der Waals surface area contributed by atoms with Crippen molar-refractivity contribution in [2.45, 2.75) is 6.92 Å². The van der Waals surface area contributed by atoms with Gasteiger partial charge in [-0.2, -0.15) is 0 Å². The highest BCUT2D eigenvalue weighted by Crippen LogP contribution is 2.31. The summed E-state index contributed by atoms with van der Waals surface area (Å²) in [5.74, 6) is 0.671. The van der Waals surface area contributed by atoms with Crippen molar-refractivity contribution in [3.05, 3.63) is 40.1 Å². The van der Waals surface area contributed by atoms with Crippen LogP contribution in [-0.4, -0.2) is 9.97 Å². The van der Waals surface area contributed by atoms with E-state index in [1.54, 1.807) is 6.07 Å². The Morgan fingerprint density at radius 2 is 2.00 bits per heavy atom. The molecule has 17 heavy (non-hydrogen) atoms. The molecule has 3 N–H and O–H groups in total. The molecule has 0 saturated carbocycles. The van der Waals surface area contributed by atoms with Gasteiger partial charge in [0, 0.05) is 0 Å². The van der Waals surface area contributed by atoms with E-state index < -0.39 is 0 Å². The summed E-state index contributed by atoms with van der Waals surface area (Å²) in [7, 11) is 0. The first-order valence-electron chi connectivity index (χ1n) is 4.87. The zero-order valence-corrected chi connectivity index (χ0v) is 10.5. The van der Waals surface area contributed by atoms with E-state index in [1.165, 1.54) is 6.33 Å². The van der Waals surface area contributed by atoms with Crippen molar-refractivity contribution in [1.29, 1.82) is 0 Å². The molecular weight excluding hydrogens is 259 g/mol. The fraction of sp³-hybridized carbons (Fsp3) is 0.0909. The van der Waals surface area contributed by atoms with Gasteiger partial charge in [0.2, 0.25) is 0 Å². The monoisotopic (exact) mass is 268 g/mol. The summed E-state index contributed by atoms with van der Waals surface area (Å²) >= 11 is 12.1. The SMILES string of the molecule is Cc1cccc(Cl)c1Nc1ncnc(N)c1Cl. The number of nitrogens with zero attached hydrogens (tertiary/aromatic N) is 2. The van der Waals surface area contributed by atoms with Crippen LogP contribution in [-0.2, 0) is 0 Å². The quantitative estimate of drug-likeness (QED) is 0.876. The lowest BCUT2D eigenvalue weighted by molar-refractivity contribution is 1.17.